The van der Waals surface area contributed by atoms with Crippen molar-refractivity contribution in [1.82, 2.24) is 0 Å². The molecule has 0 spiro atoms. The quantitative estimate of drug-likeness (QED) is 0.232. The van der Waals surface area contributed by atoms with Gasteiger partial charge in [0.1, 0.15) is 11.3 Å². The van der Waals surface area contributed by atoms with Gasteiger partial charge >= 0.3 is 11.9 Å². The van der Waals surface area contributed by atoms with Gasteiger partial charge in [-0.1, -0.05) is 76.8 Å². The maximum Gasteiger partial charge on any atom is 0.339 e. The van der Waals surface area contributed by atoms with Crippen molar-refractivity contribution >= 4 is 23.7 Å². The predicted octanol–water partition coefficient (Wildman–Crippen LogP) is 5.94. The van der Waals surface area contributed by atoms with Crippen molar-refractivity contribution in [3.63, 3.8) is 0 Å². The second-order valence-electron chi connectivity index (χ2n) is 6.51. The van der Waals surface area contributed by atoms with Crippen molar-refractivity contribution in [3.05, 3.63) is 29.8 Å². The molecule has 1 N–H and O–H groups in total. The summed E-state index contributed by atoms with van der Waals surface area (Å²) in [5, 5.41) is 9.07. The average molecular weight is 381 g/mol. The molecule has 0 fully saturated rings. The molecule has 146 valence electrons. The van der Waals surface area contributed by atoms with Gasteiger partial charge in [-0.05, 0) is 24.3 Å². The average Bonchev–Trinajstić information content (AvgIpc) is 2.63. The number of carbonyl (C=O) groups is 2. The van der Waals surface area contributed by atoms with Gasteiger partial charge in [-0.2, -0.15) is 11.8 Å². The molecule has 0 aromatic heterocycles. The summed E-state index contributed by atoms with van der Waals surface area (Å²) in [4.78, 5) is 22.9. The van der Waals surface area contributed by atoms with E-state index in [0.717, 1.165) is 12.2 Å². The highest BCUT2D eigenvalue weighted by Gasteiger charge is 2.13. The van der Waals surface area contributed by atoms with E-state index in [4.69, 9.17) is 9.84 Å². The lowest BCUT2D eigenvalue weighted by atomic mass is 10.1. The van der Waals surface area contributed by atoms with Gasteiger partial charge in [-0.3, -0.25) is 4.79 Å². The zero-order valence-corrected chi connectivity index (χ0v) is 16.7. The van der Waals surface area contributed by atoms with E-state index in [0.29, 0.717) is 0 Å². The Labute approximate surface area is 161 Å². The van der Waals surface area contributed by atoms with E-state index in [2.05, 4.69) is 6.92 Å². The third-order valence-electron chi connectivity index (χ3n) is 4.20. The monoisotopic (exact) mass is 380 g/mol. The molecule has 0 amide bonds. The first-order valence-corrected chi connectivity index (χ1v) is 10.9. The van der Waals surface area contributed by atoms with Crippen molar-refractivity contribution < 1.29 is 19.4 Å². The van der Waals surface area contributed by atoms with Crippen molar-refractivity contribution in [3.8, 4) is 5.75 Å². The number of hydrogen-bond acceptors (Lipinski definition) is 4. The van der Waals surface area contributed by atoms with Crippen LogP contribution in [0, 0.1) is 0 Å². The number of aromatic carboxylic acids is 1. The third-order valence-corrected chi connectivity index (χ3v) is 5.22. The maximum atomic E-state index is 11.8. The van der Waals surface area contributed by atoms with Crippen LogP contribution in [0.4, 0.5) is 0 Å². The number of benzene rings is 1. The molecular formula is C21H32O4S. The predicted molar refractivity (Wildman–Crippen MR) is 108 cm³/mol. The van der Waals surface area contributed by atoms with Crippen LogP contribution in [-0.4, -0.2) is 28.6 Å². The van der Waals surface area contributed by atoms with Gasteiger partial charge in [0.2, 0.25) is 0 Å². The van der Waals surface area contributed by atoms with Gasteiger partial charge in [-0.15, -0.1) is 0 Å². The Hall–Kier alpha value is -1.49. The number of ether oxygens (including phenoxy) is 1. The van der Waals surface area contributed by atoms with Gasteiger partial charge < -0.3 is 9.84 Å². The molecule has 1 rings (SSSR count). The summed E-state index contributed by atoms with van der Waals surface area (Å²) in [6.07, 6.45) is 13.0. The van der Waals surface area contributed by atoms with Crippen LogP contribution in [-0.2, 0) is 4.79 Å². The third kappa shape index (κ3) is 10.5. The Morgan fingerprint density at radius 1 is 0.923 bits per heavy atom. The fourth-order valence-electron chi connectivity index (χ4n) is 2.73. The van der Waals surface area contributed by atoms with Gasteiger partial charge in [0.15, 0.2) is 0 Å². The van der Waals surface area contributed by atoms with E-state index in [1.165, 1.54) is 69.9 Å². The van der Waals surface area contributed by atoms with Crippen LogP contribution in [0.5, 0.6) is 5.75 Å². The first kappa shape index (κ1) is 22.6. The Balaban J connectivity index is 2.01. The van der Waals surface area contributed by atoms with Crippen LogP contribution in [0.25, 0.3) is 0 Å². The Morgan fingerprint density at radius 3 is 2.12 bits per heavy atom. The SMILES string of the molecule is CCCCCCCCCCCCSCC(=O)Oc1ccccc1C(=O)O. The minimum atomic E-state index is -1.09. The summed E-state index contributed by atoms with van der Waals surface area (Å²) >= 11 is 1.55. The van der Waals surface area contributed by atoms with Crippen molar-refractivity contribution in [1.29, 1.82) is 0 Å². The molecule has 0 heterocycles. The summed E-state index contributed by atoms with van der Waals surface area (Å²) in [5.74, 6) is -0.177. The largest absolute Gasteiger partial charge is 0.478 e. The lowest BCUT2D eigenvalue weighted by Crippen LogP contribution is -2.13. The van der Waals surface area contributed by atoms with Crippen molar-refractivity contribution in [2.75, 3.05) is 11.5 Å². The number of para-hydroxylation sites is 1. The molecule has 0 saturated heterocycles. The van der Waals surface area contributed by atoms with Gasteiger partial charge in [-0.25, -0.2) is 4.79 Å². The molecule has 0 radical (unpaired) electrons. The van der Waals surface area contributed by atoms with Crippen LogP contribution < -0.4 is 4.74 Å². The smallest absolute Gasteiger partial charge is 0.339 e. The molecule has 0 aliphatic rings. The number of unbranched alkanes of at least 4 members (excludes halogenated alkanes) is 9. The van der Waals surface area contributed by atoms with Crippen LogP contribution >= 0.6 is 11.8 Å². The molecule has 1 aromatic carbocycles. The fourth-order valence-corrected chi connectivity index (χ4v) is 3.51. The van der Waals surface area contributed by atoms with Gasteiger partial charge in [0.05, 0.1) is 5.75 Å². The molecule has 0 bridgehead atoms. The van der Waals surface area contributed by atoms with Crippen LogP contribution in [0.1, 0.15) is 81.5 Å². The standard InChI is InChI=1S/C21H32O4S/c1-2-3-4-5-6-7-8-9-10-13-16-26-17-20(22)25-19-15-12-11-14-18(19)21(23)24/h11-12,14-15H,2-10,13,16-17H2,1H3,(H,23,24). The fraction of sp³-hybridized carbons (Fsp3) is 0.619. The highest BCUT2D eigenvalue weighted by Crippen LogP contribution is 2.19. The van der Waals surface area contributed by atoms with Crippen LogP contribution in [0.3, 0.4) is 0 Å². The zero-order valence-electron chi connectivity index (χ0n) is 15.9. The maximum absolute atomic E-state index is 11.8. The number of carboxylic acids is 1. The first-order valence-electron chi connectivity index (χ1n) is 9.76. The van der Waals surface area contributed by atoms with E-state index < -0.39 is 11.9 Å². The summed E-state index contributed by atoms with van der Waals surface area (Å²) in [6, 6.07) is 6.21. The van der Waals surface area contributed by atoms with E-state index >= 15 is 0 Å². The zero-order chi connectivity index (χ0) is 19.0. The van der Waals surface area contributed by atoms with Crippen molar-refractivity contribution in [2.45, 2.75) is 71.1 Å². The van der Waals surface area contributed by atoms with Gasteiger partial charge in [0.25, 0.3) is 0 Å². The summed E-state index contributed by atoms with van der Waals surface area (Å²) < 4.78 is 5.17. The second kappa shape index (κ2) is 14.7. The topological polar surface area (TPSA) is 63.6 Å². The summed E-state index contributed by atoms with van der Waals surface area (Å²) in [6.45, 7) is 2.24. The molecule has 1 aromatic rings. The van der Waals surface area contributed by atoms with E-state index in [-0.39, 0.29) is 17.1 Å². The van der Waals surface area contributed by atoms with Crippen LogP contribution in [0.2, 0.25) is 0 Å². The Bertz CT molecular complexity index is 530. The number of carboxylic acid groups (broad SMARTS) is 1. The van der Waals surface area contributed by atoms with Crippen LogP contribution in [0.15, 0.2) is 24.3 Å². The van der Waals surface area contributed by atoms with E-state index in [1.807, 2.05) is 0 Å². The Morgan fingerprint density at radius 2 is 1.50 bits per heavy atom. The summed E-state index contributed by atoms with van der Waals surface area (Å²) in [5.41, 5.74) is 0.0144. The van der Waals surface area contributed by atoms with Crippen molar-refractivity contribution in [2.24, 2.45) is 0 Å². The van der Waals surface area contributed by atoms with E-state index in [9.17, 15) is 9.59 Å². The van der Waals surface area contributed by atoms with E-state index in [1.54, 1.807) is 23.9 Å². The number of thioether (sulfide) groups is 1. The molecule has 0 aliphatic carbocycles. The number of hydrogen-bond donors (Lipinski definition) is 1. The number of rotatable bonds is 15. The first-order chi connectivity index (χ1) is 12.6. The molecule has 0 unspecified atom stereocenters. The lowest BCUT2D eigenvalue weighted by molar-refractivity contribution is -0.131. The highest BCUT2D eigenvalue weighted by atomic mass is 32.2. The summed E-state index contributed by atoms with van der Waals surface area (Å²) in [7, 11) is 0. The number of carbonyl (C=O) groups excluding carboxylic acids is 1. The molecule has 26 heavy (non-hydrogen) atoms. The molecular weight excluding hydrogens is 348 g/mol. The Kier molecular flexibility index (Phi) is 12.7. The molecule has 5 heteroatoms. The van der Waals surface area contributed by atoms with Gasteiger partial charge in [0, 0.05) is 0 Å². The molecule has 0 atom stereocenters. The number of esters is 1. The highest BCUT2D eigenvalue weighted by molar-refractivity contribution is 7.99. The normalized spacial score (nSPS) is 10.7. The second-order valence-corrected chi connectivity index (χ2v) is 7.62. The molecule has 0 aliphatic heterocycles. The minimum Gasteiger partial charge on any atom is -0.478 e. The molecule has 0 saturated carbocycles. The molecule has 4 nitrogen and oxygen atoms in total. The lowest BCUT2D eigenvalue weighted by Gasteiger charge is -2.07. The minimum absolute atomic E-state index is 0.0144.